The minimum Gasteiger partial charge on any atom is -0.326 e. The average Bonchev–Trinajstić information content (AvgIpc) is 3.22. The lowest BCUT2D eigenvalue weighted by Gasteiger charge is -2.11. The fraction of sp³-hybridized carbons (Fsp3) is 0.222. The fourth-order valence-electron chi connectivity index (χ4n) is 2.35. The second-order valence-corrected chi connectivity index (χ2v) is 7.93. The second-order valence-electron chi connectivity index (χ2n) is 5.76. The normalized spacial score (nSPS) is 18.5. The van der Waals surface area contributed by atoms with E-state index >= 15 is 0 Å². The summed E-state index contributed by atoms with van der Waals surface area (Å²) in [6, 6.07) is 9.59. The van der Waals surface area contributed by atoms with Crippen molar-refractivity contribution in [3.63, 3.8) is 0 Å². The Morgan fingerprint density at radius 2 is 2.15 bits per heavy atom. The lowest BCUT2D eigenvalue weighted by atomic mass is 10.1. The van der Waals surface area contributed by atoms with Gasteiger partial charge in [-0.2, -0.15) is 5.10 Å². The minimum absolute atomic E-state index is 0.0809. The van der Waals surface area contributed by atoms with Crippen LogP contribution in [-0.4, -0.2) is 28.4 Å². The molecule has 1 aromatic carbocycles. The molecule has 0 bridgehead atoms. The molecule has 1 aromatic heterocycles. The van der Waals surface area contributed by atoms with Crippen molar-refractivity contribution in [3.05, 3.63) is 51.7 Å². The van der Waals surface area contributed by atoms with Crippen LogP contribution in [0.15, 0.2) is 45.9 Å². The molecule has 3 rings (SSSR count). The number of thioether (sulfide) groups is 1. The number of aryl methyl sites for hydroxylation is 1. The van der Waals surface area contributed by atoms with Gasteiger partial charge in [0.05, 0.1) is 6.21 Å². The standard InChI is InChI=1S/C18H18N4O2S2/c1-11-5-3-7-14(12(11)2)20-16(23)9-15-17(24)21-18(26-15)22-19-10-13-6-4-8-25-13/h3-8,10,15H,9H2,1-2H3,(H,20,23)(H,21,22,24)/b19-10-. The number of amidine groups is 1. The maximum absolute atomic E-state index is 12.3. The van der Waals surface area contributed by atoms with E-state index in [1.165, 1.54) is 11.8 Å². The van der Waals surface area contributed by atoms with Gasteiger partial charge in [-0.15, -0.1) is 16.4 Å². The van der Waals surface area contributed by atoms with E-state index in [2.05, 4.69) is 20.8 Å². The summed E-state index contributed by atoms with van der Waals surface area (Å²) < 4.78 is 0. The maximum atomic E-state index is 12.3. The number of nitrogens with one attached hydrogen (secondary N) is 2. The molecule has 0 spiro atoms. The van der Waals surface area contributed by atoms with Gasteiger partial charge in [0.25, 0.3) is 0 Å². The average molecular weight is 387 g/mol. The summed E-state index contributed by atoms with van der Waals surface area (Å²) >= 11 is 2.77. The van der Waals surface area contributed by atoms with Crippen molar-refractivity contribution in [2.45, 2.75) is 25.5 Å². The number of rotatable bonds is 5. The van der Waals surface area contributed by atoms with Crippen LogP contribution < -0.4 is 10.6 Å². The molecule has 26 heavy (non-hydrogen) atoms. The number of benzene rings is 1. The van der Waals surface area contributed by atoms with Gasteiger partial charge in [-0.1, -0.05) is 30.0 Å². The highest BCUT2D eigenvalue weighted by Gasteiger charge is 2.32. The SMILES string of the molecule is Cc1cccc(NC(=O)CC2S/C(=N/N=C\c3cccs3)NC2=O)c1C. The summed E-state index contributed by atoms with van der Waals surface area (Å²) in [5.74, 6) is -0.425. The Labute approximate surface area is 159 Å². The molecule has 134 valence electrons. The number of nitrogens with zero attached hydrogens (tertiary/aromatic N) is 2. The summed E-state index contributed by atoms with van der Waals surface area (Å²) in [5.41, 5.74) is 2.90. The molecule has 1 unspecified atom stereocenters. The van der Waals surface area contributed by atoms with Crippen molar-refractivity contribution < 1.29 is 9.59 Å². The number of amides is 2. The van der Waals surface area contributed by atoms with Gasteiger partial charge in [0.2, 0.25) is 11.8 Å². The molecule has 1 aliphatic rings. The number of hydrogen-bond acceptors (Lipinski definition) is 6. The highest BCUT2D eigenvalue weighted by molar-refractivity contribution is 8.15. The molecule has 0 saturated carbocycles. The van der Waals surface area contributed by atoms with Crippen LogP contribution in [0.2, 0.25) is 0 Å². The van der Waals surface area contributed by atoms with Crippen LogP contribution in [0.5, 0.6) is 0 Å². The molecule has 8 heteroatoms. The van der Waals surface area contributed by atoms with E-state index in [0.29, 0.717) is 5.17 Å². The first kappa shape index (κ1) is 18.3. The van der Waals surface area contributed by atoms with Crippen molar-refractivity contribution in [2.75, 3.05) is 5.32 Å². The van der Waals surface area contributed by atoms with Crippen molar-refractivity contribution in [3.8, 4) is 0 Å². The van der Waals surface area contributed by atoms with Gasteiger partial charge in [0.1, 0.15) is 5.25 Å². The van der Waals surface area contributed by atoms with Crippen molar-refractivity contribution >= 4 is 52.0 Å². The molecule has 2 N–H and O–H groups in total. The van der Waals surface area contributed by atoms with Crippen LogP contribution in [0, 0.1) is 13.8 Å². The monoisotopic (exact) mass is 386 g/mol. The molecular weight excluding hydrogens is 368 g/mol. The first-order chi connectivity index (χ1) is 12.5. The predicted octanol–water partition coefficient (Wildman–Crippen LogP) is 3.32. The first-order valence-electron chi connectivity index (χ1n) is 8.01. The largest absolute Gasteiger partial charge is 0.326 e. The number of carbonyl (C=O) groups excluding carboxylic acids is 2. The Balaban J connectivity index is 1.57. The van der Waals surface area contributed by atoms with Crippen molar-refractivity contribution in [1.29, 1.82) is 0 Å². The predicted molar refractivity (Wildman–Crippen MR) is 108 cm³/mol. The molecule has 1 saturated heterocycles. The molecule has 2 amide bonds. The minimum atomic E-state index is -0.504. The third kappa shape index (κ3) is 4.59. The van der Waals surface area contributed by atoms with E-state index in [9.17, 15) is 9.59 Å². The fourth-order valence-corrected chi connectivity index (χ4v) is 3.85. The molecule has 0 radical (unpaired) electrons. The molecule has 0 aliphatic carbocycles. The summed E-state index contributed by atoms with van der Waals surface area (Å²) in [5, 5.41) is 15.4. The van der Waals surface area contributed by atoms with Gasteiger partial charge in [0.15, 0.2) is 5.17 Å². The van der Waals surface area contributed by atoms with E-state index in [0.717, 1.165) is 21.7 Å². The molecule has 1 fully saturated rings. The Morgan fingerprint density at radius 1 is 1.31 bits per heavy atom. The summed E-state index contributed by atoms with van der Waals surface area (Å²) in [6.07, 6.45) is 1.71. The van der Waals surface area contributed by atoms with Crippen LogP contribution in [0.1, 0.15) is 22.4 Å². The van der Waals surface area contributed by atoms with Crippen LogP contribution >= 0.6 is 23.1 Å². The second kappa shape index (κ2) is 8.29. The first-order valence-corrected chi connectivity index (χ1v) is 9.77. The molecular formula is C18H18N4O2S2. The van der Waals surface area contributed by atoms with E-state index in [1.54, 1.807) is 17.6 Å². The molecule has 2 aromatic rings. The number of thiophene rings is 1. The van der Waals surface area contributed by atoms with Gasteiger partial charge in [-0.05, 0) is 42.5 Å². The Kier molecular flexibility index (Phi) is 5.85. The van der Waals surface area contributed by atoms with E-state index in [1.807, 2.05) is 49.6 Å². The highest BCUT2D eigenvalue weighted by atomic mass is 32.2. The number of carbonyl (C=O) groups is 2. The molecule has 1 atom stereocenters. The third-order valence-corrected chi connectivity index (χ3v) is 5.78. The lowest BCUT2D eigenvalue weighted by Crippen LogP contribution is -2.28. The van der Waals surface area contributed by atoms with E-state index in [-0.39, 0.29) is 18.2 Å². The van der Waals surface area contributed by atoms with Crippen LogP contribution in [0.3, 0.4) is 0 Å². The zero-order valence-corrected chi connectivity index (χ0v) is 16.0. The van der Waals surface area contributed by atoms with Gasteiger partial charge in [-0.3, -0.25) is 9.59 Å². The van der Waals surface area contributed by atoms with Gasteiger partial charge in [0, 0.05) is 17.0 Å². The Bertz CT molecular complexity index is 875. The quantitative estimate of drug-likeness (QED) is 0.611. The zero-order chi connectivity index (χ0) is 18.5. The van der Waals surface area contributed by atoms with Crippen LogP contribution in [-0.2, 0) is 9.59 Å². The van der Waals surface area contributed by atoms with Crippen LogP contribution in [0.25, 0.3) is 0 Å². The summed E-state index contributed by atoms with van der Waals surface area (Å²) in [7, 11) is 0. The topological polar surface area (TPSA) is 82.9 Å². The van der Waals surface area contributed by atoms with E-state index in [4.69, 9.17) is 0 Å². The highest BCUT2D eigenvalue weighted by Crippen LogP contribution is 2.24. The maximum Gasteiger partial charge on any atom is 0.240 e. The Morgan fingerprint density at radius 3 is 2.92 bits per heavy atom. The molecule has 2 heterocycles. The van der Waals surface area contributed by atoms with Crippen molar-refractivity contribution in [2.24, 2.45) is 10.2 Å². The smallest absolute Gasteiger partial charge is 0.240 e. The number of hydrogen-bond donors (Lipinski definition) is 2. The van der Waals surface area contributed by atoms with Gasteiger partial charge in [-0.25, -0.2) is 0 Å². The molecule has 1 aliphatic heterocycles. The van der Waals surface area contributed by atoms with Crippen molar-refractivity contribution in [1.82, 2.24) is 5.32 Å². The molecule has 6 nitrogen and oxygen atoms in total. The van der Waals surface area contributed by atoms with E-state index < -0.39 is 5.25 Å². The summed E-state index contributed by atoms with van der Waals surface area (Å²) in [4.78, 5) is 25.3. The Hall–Kier alpha value is -2.45. The zero-order valence-electron chi connectivity index (χ0n) is 14.4. The summed E-state index contributed by atoms with van der Waals surface area (Å²) in [6.45, 7) is 3.95. The lowest BCUT2D eigenvalue weighted by molar-refractivity contribution is -0.122. The number of anilines is 1. The van der Waals surface area contributed by atoms with Crippen LogP contribution in [0.4, 0.5) is 5.69 Å². The van der Waals surface area contributed by atoms with Gasteiger partial charge < -0.3 is 10.6 Å². The third-order valence-electron chi connectivity index (χ3n) is 3.90. The van der Waals surface area contributed by atoms with Gasteiger partial charge >= 0.3 is 0 Å².